The molecule has 1 N–H and O–H groups in total. The lowest BCUT2D eigenvalue weighted by atomic mass is 10.0. The van der Waals surface area contributed by atoms with E-state index in [-0.39, 0.29) is 0 Å². The molecule has 2 heteroatoms. The van der Waals surface area contributed by atoms with Gasteiger partial charge < -0.3 is 10.2 Å². The molecule has 86 valence electrons. The fourth-order valence-electron chi connectivity index (χ4n) is 2.57. The number of piperidine rings is 1. The molecule has 0 aromatic carbocycles. The summed E-state index contributed by atoms with van der Waals surface area (Å²) in [4.78, 5) is 2.60. The minimum atomic E-state index is 0.656. The third kappa shape index (κ3) is 3.96. The predicted octanol–water partition coefficient (Wildman–Crippen LogP) is 2.17. The standard InChI is InChI=1S/C13H24N2/c1-3-7-13(8-4-1)14-9-12-15-10-5-2-6-11-15/h3,7,13-14H,1-2,4-6,8-12H2. The van der Waals surface area contributed by atoms with E-state index in [1.165, 1.54) is 58.2 Å². The molecule has 2 aliphatic rings. The van der Waals surface area contributed by atoms with Crippen molar-refractivity contribution in [1.29, 1.82) is 0 Å². The van der Waals surface area contributed by atoms with Gasteiger partial charge in [0.15, 0.2) is 0 Å². The van der Waals surface area contributed by atoms with Crippen molar-refractivity contribution in [2.45, 2.75) is 44.6 Å². The van der Waals surface area contributed by atoms with E-state index in [0.717, 1.165) is 6.54 Å². The second-order valence-electron chi connectivity index (χ2n) is 4.82. The number of hydrogen-bond acceptors (Lipinski definition) is 2. The van der Waals surface area contributed by atoms with Crippen LogP contribution in [-0.4, -0.2) is 37.1 Å². The zero-order valence-corrected chi connectivity index (χ0v) is 9.75. The third-order valence-electron chi connectivity index (χ3n) is 3.54. The van der Waals surface area contributed by atoms with Crippen LogP contribution in [0.3, 0.4) is 0 Å². The van der Waals surface area contributed by atoms with Crippen LogP contribution in [0.4, 0.5) is 0 Å². The smallest absolute Gasteiger partial charge is 0.0250 e. The van der Waals surface area contributed by atoms with Gasteiger partial charge in [-0.3, -0.25) is 0 Å². The van der Waals surface area contributed by atoms with Gasteiger partial charge in [0.05, 0.1) is 0 Å². The van der Waals surface area contributed by atoms with Crippen molar-refractivity contribution < 1.29 is 0 Å². The zero-order valence-electron chi connectivity index (χ0n) is 9.75. The quantitative estimate of drug-likeness (QED) is 0.712. The third-order valence-corrected chi connectivity index (χ3v) is 3.54. The van der Waals surface area contributed by atoms with Gasteiger partial charge in [-0.1, -0.05) is 18.6 Å². The van der Waals surface area contributed by atoms with Gasteiger partial charge in [0.1, 0.15) is 0 Å². The Morgan fingerprint density at radius 2 is 2.00 bits per heavy atom. The lowest BCUT2D eigenvalue weighted by molar-refractivity contribution is 0.227. The molecule has 0 aromatic rings. The summed E-state index contributed by atoms with van der Waals surface area (Å²) in [5.41, 5.74) is 0. The molecule has 1 aliphatic carbocycles. The van der Waals surface area contributed by atoms with Gasteiger partial charge >= 0.3 is 0 Å². The Kier molecular flexibility index (Phi) is 4.68. The van der Waals surface area contributed by atoms with E-state index >= 15 is 0 Å². The molecule has 1 aliphatic heterocycles. The largest absolute Gasteiger partial charge is 0.309 e. The van der Waals surface area contributed by atoms with Crippen molar-refractivity contribution in [2.24, 2.45) is 0 Å². The molecule has 0 bridgehead atoms. The molecule has 0 spiro atoms. The highest BCUT2D eigenvalue weighted by Gasteiger charge is 2.11. The maximum Gasteiger partial charge on any atom is 0.0250 e. The lowest BCUT2D eigenvalue weighted by Crippen LogP contribution is -2.39. The maximum absolute atomic E-state index is 3.64. The van der Waals surface area contributed by atoms with E-state index in [1.807, 2.05) is 0 Å². The van der Waals surface area contributed by atoms with Crippen molar-refractivity contribution >= 4 is 0 Å². The maximum atomic E-state index is 3.64. The first-order valence-corrected chi connectivity index (χ1v) is 6.57. The van der Waals surface area contributed by atoms with Crippen LogP contribution in [0, 0.1) is 0 Å². The zero-order chi connectivity index (χ0) is 10.3. The Hall–Kier alpha value is -0.340. The SMILES string of the molecule is C1=CC(NCCN2CCCCC2)CCC1. The minimum absolute atomic E-state index is 0.656. The average molecular weight is 208 g/mol. The van der Waals surface area contributed by atoms with Gasteiger partial charge in [-0.15, -0.1) is 0 Å². The van der Waals surface area contributed by atoms with E-state index in [1.54, 1.807) is 0 Å². The van der Waals surface area contributed by atoms with Gasteiger partial charge in [-0.25, -0.2) is 0 Å². The molecular weight excluding hydrogens is 184 g/mol. The van der Waals surface area contributed by atoms with E-state index in [2.05, 4.69) is 22.4 Å². The first-order valence-electron chi connectivity index (χ1n) is 6.57. The summed E-state index contributed by atoms with van der Waals surface area (Å²) in [6, 6.07) is 0.656. The second-order valence-corrected chi connectivity index (χ2v) is 4.82. The normalized spacial score (nSPS) is 28.1. The summed E-state index contributed by atoms with van der Waals surface area (Å²) in [5.74, 6) is 0. The average Bonchev–Trinajstić information content (AvgIpc) is 2.32. The Balaban J connectivity index is 1.57. The molecule has 0 saturated carbocycles. The first kappa shape index (κ1) is 11.2. The number of hydrogen-bond donors (Lipinski definition) is 1. The summed E-state index contributed by atoms with van der Waals surface area (Å²) < 4.78 is 0. The molecule has 15 heavy (non-hydrogen) atoms. The highest BCUT2D eigenvalue weighted by atomic mass is 15.1. The molecule has 0 radical (unpaired) electrons. The van der Waals surface area contributed by atoms with Crippen molar-refractivity contribution in [3.63, 3.8) is 0 Å². The van der Waals surface area contributed by atoms with Crippen LogP contribution in [-0.2, 0) is 0 Å². The van der Waals surface area contributed by atoms with Crippen molar-refractivity contribution in [3.05, 3.63) is 12.2 Å². The molecule has 2 nitrogen and oxygen atoms in total. The van der Waals surface area contributed by atoms with E-state index in [9.17, 15) is 0 Å². The minimum Gasteiger partial charge on any atom is -0.309 e. The second kappa shape index (κ2) is 6.29. The van der Waals surface area contributed by atoms with Crippen LogP contribution in [0.2, 0.25) is 0 Å². The molecule has 1 fully saturated rings. The number of allylic oxidation sites excluding steroid dienone is 1. The van der Waals surface area contributed by atoms with Crippen LogP contribution in [0.1, 0.15) is 38.5 Å². The van der Waals surface area contributed by atoms with Crippen LogP contribution in [0.15, 0.2) is 12.2 Å². The fourth-order valence-corrected chi connectivity index (χ4v) is 2.57. The molecule has 1 saturated heterocycles. The molecule has 1 heterocycles. The Morgan fingerprint density at radius 3 is 2.73 bits per heavy atom. The molecule has 0 amide bonds. The van der Waals surface area contributed by atoms with Gasteiger partial charge in [0.25, 0.3) is 0 Å². The number of likely N-dealkylation sites (tertiary alicyclic amines) is 1. The number of nitrogens with zero attached hydrogens (tertiary/aromatic N) is 1. The Morgan fingerprint density at radius 1 is 1.13 bits per heavy atom. The predicted molar refractivity (Wildman–Crippen MR) is 65.1 cm³/mol. The van der Waals surface area contributed by atoms with Crippen LogP contribution < -0.4 is 5.32 Å². The van der Waals surface area contributed by atoms with Gasteiger partial charge in [0.2, 0.25) is 0 Å². The van der Waals surface area contributed by atoms with Crippen LogP contribution >= 0.6 is 0 Å². The highest BCUT2D eigenvalue weighted by molar-refractivity contribution is 4.97. The van der Waals surface area contributed by atoms with Gasteiger partial charge in [-0.05, 0) is 45.2 Å². The monoisotopic (exact) mass is 208 g/mol. The molecule has 1 unspecified atom stereocenters. The topological polar surface area (TPSA) is 15.3 Å². The highest BCUT2D eigenvalue weighted by Crippen LogP contribution is 2.10. The Bertz CT molecular complexity index is 195. The van der Waals surface area contributed by atoms with Gasteiger partial charge in [-0.2, -0.15) is 0 Å². The van der Waals surface area contributed by atoms with E-state index < -0.39 is 0 Å². The molecular formula is C13H24N2. The lowest BCUT2D eigenvalue weighted by Gasteiger charge is -2.27. The van der Waals surface area contributed by atoms with Crippen molar-refractivity contribution in [2.75, 3.05) is 26.2 Å². The number of nitrogens with one attached hydrogen (secondary N) is 1. The van der Waals surface area contributed by atoms with Crippen molar-refractivity contribution in [3.8, 4) is 0 Å². The summed E-state index contributed by atoms with van der Waals surface area (Å²) in [6.45, 7) is 5.05. The van der Waals surface area contributed by atoms with Gasteiger partial charge in [0, 0.05) is 19.1 Å². The fraction of sp³-hybridized carbons (Fsp3) is 0.846. The summed E-state index contributed by atoms with van der Waals surface area (Å²) in [5, 5.41) is 3.64. The Labute approximate surface area is 93.7 Å². The van der Waals surface area contributed by atoms with Crippen LogP contribution in [0.5, 0.6) is 0 Å². The number of rotatable bonds is 4. The summed E-state index contributed by atoms with van der Waals surface area (Å²) >= 11 is 0. The van der Waals surface area contributed by atoms with Crippen molar-refractivity contribution in [1.82, 2.24) is 10.2 Å². The summed E-state index contributed by atoms with van der Waals surface area (Å²) in [7, 11) is 0. The molecule has 1 atom stereocenters. The van der Waals surface area contributed by atoms with E-state index in [4.69, 9.17) is 0 Å². The van der Waals surface area contributed by atoms with E-state index in [0.29, 0.717) is 6.04 Å². The van der Waals surface area contributed by atoms with Crippen LogP contribution in [0.25, 0.3) is 0 Å². The first-order chi connectivity index (χ1) is 7.45. The molecule has 2 rings (SSSR count). The summed E-state index contributed by atoms with van der Waals surface area (Å²) in [6.07, 6.45) is 12.9. The molecule has 0 aromatic heterocycles.